The van der Waals surface area contributed by atoms with Crippen molar-refractivity contribution >= 4 is 27.5 Å². The van der Waals surface area contributed by atoms with Gasteiger partial charge in [0.2, 0.25) is 5.88 Å². The number of ether oxygens (including phenoxy) is 1. The maximum absolute atomic E-state index is 13.8. The van der Waals surface area contributed by atoms with E-state index in [2.05, 4.69) is 26.3 Å². The minimum atomic E-state index is -0.566. The fraction of sp³-hybridized carbons (Fsp3) is 0.150. The van der Waals surface area contributed by atoms with E-state index >= 15 is 0 Å². The molecule has 144 valence electrons. The second-order valence-corrected chi connectivity index (χ2v) is 7.07. The number of benzene rings is 2. The molecule has 0 radical (unpaired) electrons. The van der Waals surface area contributed by atoms with Crippen LogP contribution in [0.1, 0.15) is 11.1 Å². The van der Waals surface area contributed by atoms with Crippen molar-refractivity contribution in [3.05, 3.63) is 80.3 Å². The Morgan fingerprint density at radius 3 is 2.64 bits per heavy atom. The Balaban J connectivity index is 1.71. The van der Waals surface area contributed by atoms with Crippen molar-refractivity contribution in [1.29, 1.82) is 0 Å². The van der Waals surface area contributed by atoms with Crippen molar-refractivity contribution in [2.75, 3.05) is 11.9 Å². The molecular weight excluding hydrogens is 429 g/mol. The predicted octanol–water partition coefficient (Wildman–Crippen LogP) is 3.77. The first-order chi connectivity index (χ1) is 13.3. The van der Waals surface area contributed by atoms with Gasteiger partial charge in [0.25, 0.3) is 11.5 Å². The Morgan fingerprint density at radius 2 is 1.93 bits per heavy atom. The van der Waals surface area contributed by atoms with Gasteiger partial charge in [-0.3, -0.25) is 9.59 Å². The number of carbonyl (C=O) groups is 1. The summed E-state index contributed by atoms with van der Waals surface area (Å²) >= 11 is 3.15. The number of carbonyl (C=O) groups excluding carboxylic acids is 1. The highest BCUT2D eigenvalue weighted by Crippen LogP contribution is 2.19. The Kier molecular flexibility index (Phi) is 5.89. The molecule has 1 amide bonds. The van der Waals surface area contributed by atoms with E-state index in [1.807, 2.05) is 26.0 Å². The molecule has 0 unspecified atom stereocenters. The lowest BCUT2D eigenvalue weighted by Gasteiger charge is -2.10. The molecule has 3 aromatic rings. The molecule has 0 spiro atoms. The van der Waals surface area contributed by atoms with Gasteiger partial charge in [-0.1, -0.05) is 22.0 Å². The summed E-state index contributed by atoms with van der Waals surface area (Å²) in [6.07, 6.45) is 0. The fourth-order valence-electron chi connectivity index (χ4n) is 2.43. The first-order valence-electron chi connectivity index (χ1n) is 8.39. The largest absolute Gasteiger partial charge is 0.467 e. The molecule has 28 heavy (non-hydrogen) atoms. The van der Waals surface area contributed by atoms with Crippen molar-refractivity contribution in [2.24, 2.45) is 0 Å². The van der Waals surface area contributed by atoms with Crippen LogP contribution in [0.3, 0.4) is 0 Å². The van der Waals surface area contributed by atoms with E-state index < -0.39 is 11.7 Å². The highest BCUT2D eigenvalue weighted by molar-refractivity contribution is 9.10. The molecule has 2 aromatic carbocycles. The van der Waals surface area contributed by atoms with Crippen LogP contribution in [0.5, 0.6) is 5.88 Å². The molecule has 3 rings (SSSR count). The quantitative estimate of drug-likeness (QED) is 0.648. The Hall–Kier alpha value is -3.00. The third kappa shape index (κ3) is 4.64. The van der Waals surface area contributed by atoms with Crippen molar-refractivity contribution in [3.8, 4) is 11.6 Å². The standard InChI is InChI=1S/C20H17BrFN3O3/c1-12-3-5-15(9-13(12)2)25-20(27)8-7-19(24-25)28-11-18(26)23-17-6-4-14(21)10-16(17)22/h3-10H,11H2,1-2H3,(H,23,26). The highest BCUT2D eigenvalue weighted by Gasteiger charge is 2.10. The third-order valence-corrected chi connectivity index (χ3v) is 4.56. The number of hydrogen-bond acceptors (Lipinski definition) is 4. The number of hydrogen-bond donors (Lipinski definition) is 1. The number of aromatic nitrogens is 2. The van der Waals surface area contributed by atoms with E-state index in [0.29, 0.717) is 10.2 Å². The minimum Gasteiger partial charge on any atom is -0.467 e. The Morgan fingerprint density at radius 1 is 1.14 bits per heavy atom. The molecule has 0 atom stereocenters. The molecule has 1 heterocycles. The Bertz CT molecular complexity index is 1100. The number of nitrogens with zero attached hydrogens (tertiary/aromatic N) is 2. The number of aryl methyl sites for hydroxylation is 2. The van der Waals surface area contributed by atoms with Crippen LogP contribution in [0.4, 0.5) is 10.1 Å². The molecule has 6 nitrogen and oxygen atoms in total. The van der Waals surface area contributed by atoms with Gasteiger partial charge in [0.05, 0.1) is 11.4 Å². The van der Waals surface area contributed by atoms with E-state index in [-0.39, 0.29) is 23.7 Å². The topological polar surface area (TPSA) is 73.2 Å². The van der Waals surface area contributed by atoms with Crippen LogP contribution in [0.25, 0.3) is 5.69 Å². The van der Waals surface area contributed by atoms with Crippen LogP contribution in [0.2, 0.25) is 0 Å². The van der Waals surface area contributed by atoms with E-state index in [1.165, 1.54) is 28.9 Å². The van der Waals surface area contributed by atoms with Crippen LogP contribution in [-0.4, -0.2) is 22.3 Å². The van der Waals surface area contributed by atoms with Gasteiger partial charge in [0.1, 0.15) is 5.82 Å². The SMILES string of the molecule is Cc1ccc(-n2nc(OCC(=O)Nc3ccc(Br)cc3F)ccc2=O)cc1C. The third-order valence-electron chi connectivity index (χ3n) is 4.07. The van der Waals surface area contributed by atoms with E-state index in [4.69, 9.17) is 4.74 Å². The number of amides is 1. The molecule has 0 aliphatic rings. The number of rotatable bonds is 5. The predicted molar refractivity (Wildman–Crippen MR) is 108 cm³/mol. The van der Waals surface area contributed by atoms with Crippen LogP contribution in [0, 0.1) is 19.7 Å². The molecule has 0 aliphatic carbocycles. The molecule has 0 bridgehead atoms. The van der Waals surface area contributed by atoms with E-state index in [1.54, 1.807) is 12.1 Å². The van der Waals surface area contributed by atoms with Gasteiger partial charge >= 0.3 is 0 Å². The van der Waals surface area contributed by atoms with Crippen LogP contribution >= 0.6 is 15.9 Å². The van der Waals surface area contributed by atoms with Gasteiger partial charge in [0, 0.05) is 16.6 Å². The molecular formula is C20H17BrFN3O3. The van der Waals surface area contributed by atoms with Crippen molar-refractivity contribution in [3.63, 3.8) is 0 Å². The van der Waals surface area contributed by atoms with Crippen molar-refractivity contribution in [1.82, 2.24) is 9.78 Å². The lowest BCUT2D eigenvalue weighted by Crippen LogP contribution is -2.24. The molecule has 1 aromatic heterocycles. The highest BCUT2D eigenvalue weighted by atomic mass is 79.9. The van der Waals surface area contributed by atoms with Crippen LogP contribution in [-0.2, 0) is 4.79 Å². The van der Waals surface area contributed by atoms with Gasteiger partial charge < -0.3 is 10.1 Å². The van der Waals surface area contributed by atoms with E-state index in [0.717, 1.165) is 11.1 Å². The zero-order valence-corrected chi connectivity index (χ0v) is 16.8. The maximum Gasteiger partial charge on any atom is 0.271 e. The van der Waals surface area contributed by atoms with Gasteiger partial charge in [-0.2, -0.15) is 4.68 Å². The summed E-state index contributed by atoms with van der Waals surface area (Å²) in [6.45, 7) is 3.53. The van der Waals surface area contributed by atoms with E-state index in [9.17, 15) is 14.0 Å². The summed E-state index contributed by atoms with van der Waals surface area (Å²) in [6, 6.07) is 12.5. The monoisotopic (exact) mass is 445 g/mol. The number of halogens is 2. The average Bonchev–Trinajstić information content (AvgIpc) is 2.66. The Labute approximate surface area is 169 Å². The minimum absolute atomic E-state index is 0.0462. The number of anilines is 1. The summed E-state index contributed by atoms with van der Waals surface area (Å²) in [4.78, 5) is 24.1. The summed E-state index contributed by atoms with van der Waals surface area (Å²) in [5.74, 6) is -1.01. The first-order valence-corrected chi connectivity index (χ1v) is 9.18. The lowest BCUT2D eigenvalue weighted by molar-refractivity contribution is -0.118. The van der Waals surface area contributed by atoms with Gasteiger partial charge in [-0.25, -0.2) is 4.39 Å². The zero-order valence-electron chi connectivity index (χ0n) is 15.2. The van der Waals surface area contributed by atoms with Gasteiger partial charge in [-0.15, -0.1) is 5.10 Å². The average molecular weight is 446 g/mol. The summed E-state index contributed by atoms with van der Waals surface area (Å²) in [7, 11) is 0. The number of nitrogens with one attached hydrogen (secondary N) is 1. The molecule has 8 heteroatoms. The summed E-state index contributed by atoms with van der Waals surface area (Å²) in [5, 5.41) is 6.57. The second-order valence-electron chi connectivity index (χ2n) is 6.15. The molecule has 0 aliphatic heterocycles. The molecule has 1 N–H and O–H groups in total. The van der Waals surface area contributed by atoms with Gasteiger partial charge in [-0.05, 0) is 55.3 Å². The summed E-state index contributed by atoms with van der Waals surface area (Å²) < 4.78 is 20.9. The summed E-state index contributed by atoms with van der Waals surface area (Å²) in [5.41, 5.74) is 2.44. The van der Waals surface area contributed by atoms with Crippen molar-refractivity contribution in [2.45, 2.75) is 13.8 Å². The smallest absolute Gasteiger partial charge is 0.271 e. The second kappa shape index (κ2) is 8.35. The van der Waals surface area contributed by atoms with Crippen LogP contribution in [0.15, 0.2) is 57.8 Å². The zero-order chi connectivity index (χ0) is 20.3. The maximum atomic E-state index is 13.8. The molecule has 0 fully saturated rings. The lowest BCUT2D eigenvalue weighted by atomic mass is 10.1. The van der Waals surface area contributed by atoms with Gasteiger partial charge in [0.15, 0.2) is 6.61 Å². The first kappa shape index (κ1) is 19.8. The fourth-order valence-corrected chi connectivity index (χ4v) is 2.76. The molecule has 0 saturated heterocycles. The normalized spacial score (nSPS) is 10.6. The van der Waals surface area contributed by atoms with Crippen molar-refractivity contribution < 1.29 is 13.9 Å². The molecule has 0 saturated carbocycles. The van der Waals surface area contributed by atoms with Crippen LogP contribution < -0.4 is 15.6 Å².